The van der Waals surface area contributed by atoms with Crippen molar-refractivity contribution in [3.63, 3.8) is 0 Å². The minimum atomic E-state index is -0.935. The molecule has 1 aliphatic rings. The number of carboxylic acids is 1. The third-order valence-corrected chi connectivity index (χ3v) is 2.08. The van der Waals surface area contributed by atoms with Crippen molar-refractivity contribution in [1.29, 1.82) is 0 Å². The van der Waals surface area contributed by atoms with E-state index in [4.69, 9.17) is 14.6 Å². The van der Waals surface area contributed by atoms with E-state index in [0.717, 1.165) is 12.8 Å². The minimum Gasteiger partial charge on any atom is -0.478 e. The number of hydrogen-bond acceptors (Lipinski definition) is 4. The molecular weight excluding hydrogens is 236 g/mol. The van der Waals surface area contributed by atoms with Crippen LogP contribution in [0.2, 0.25) is 0 Å². The van der Waals surface area contributed by atoms with Gasteiger partial charge >= 0.3 is 11.9 Å². The van der Waals surface area contributed by atoms with Gasteiger partial charge in [0.25, 0.3) is 0 Å². The highest BCUT2D eigenvalue weighted by Crippen LogP contribution is 2.18. The summed E-state index contributed by atoms with van der Waals surface area (Å²) in [6.07, 6.45) is 1.86. The van der Waals surface area contributed by atoms with Crippen LogP contribution in [0.4, 0.5) is 0 Å². The van der Waals surface area contributed by atoms with Gasteiger partial charge in [0.15, 0.2) is 0 Å². The normalized spacial score (nSPS) is 16.0. The molecule has 0 aromatic rings. The lowest BCUT2D eigenvalue weighted by molar-refractivity contribution is -0.139. The molecule has 0 amide bonds. The van der Waals surface area contributed by atoms with Crippen LogP contribution in [0.25, 0.3) is 0 Å². The molecule has 1 atom stereocenters. The van der Waals surface area contributed by atoms with E-state index in [1.54, 1.807) is 0 Å². The van der Waals surface area contributed by atoms with Gasteiger partial charge in [0.1, 0.15) is 6.10 Å². The van der Waals surface area contributed by atoms with Crippen LogP contribution in [-0.2, 0) is 19.1 Å². The van der Waals surface area contributed by atoms with Crippen molar-refractivity contribution in [3.8, 4) is 0 Å². The molecule has 0 bridgehead atoms. The standard InChI is InChI=1S/C9H14O3.C4H6O2/c1-3-4-5-11-9(10)7(2)8-6-12-8;1-3(2)4(5)6/h8H,2-6H2,1H3;1H2,2H3,(H,5,6). The Kier molecular flexibility index (Phi) is 7.71. The molecule has 0 aliphatic carbocycles. The number of epoxide rings is 1. The molecule has 1 N–H and O–H groups in total. The van der Waals surface area contributed by atoms with Crippen molar-refractivity contribution >= 4 is 11.9 Å². The summed E-state index contributed by atoms with van der Waals surface area (Å²) in [7, 11) is 0. The summed E-state index contributed by atoms with van der Waals surface area (Å²) in [5.74, 6) is -1.25. The largest absolute Gasteiger partial charge is 0.478 e. The molecule has 0 aromatic heterocycles. The Balaban J connectivity index is 0.000000411. The van der Waals surface area contributed by atoms with Gasteiger partial charge in [0.2, 0.25) is 0 Å². The summed E-state index contributed by atoms with van der Waals surface area (Å²) in [6, 6.07) is 0. The van der Waals surface area contributed by atoms with Gasteiger partial charge in [-0.3, -0.25) is 0 Å². The van der Waals surface area contributed by atoms with Gasteiger partial charge in [0.05, 0.1) is 18.8 Å². The van der Waals surface area contributed by atoms with Crippen LogP contribution < -0.4 is 0 Å². The van der Waals surface area contributed by atoms with E-state index in [1.165, 1.54) is 6.92 Å². The highest BCUT2D eigenvalue weighted by Gasteiger charge is 2.30. The summed E-state index contributed by atoms with van der Waals surface area (Å²) in [4.78, 5) is 20.7. The number of carbonyl (C=O) groups excluding carboxylic acids is 1. The first kappa shape index (κ1) is 16.4. The predicted octanol–water partition coefficient (Wildman–Crippen LogP) is 1.93. The lowest BCUT2D eigenvalue weighted by Gasteiger charge is -2.03. The van der Waals surface area contributed by atoms with E-state index >= 15 is 0 Å². The second-order valence-corrected chi connectivity index (χ2v) is 3.92. The number of aliphatic carboxylic acids is 1. The quantitative estimate of drug-likeness (QED) is 0.340. The number of ether oxygens (including phenoxy) is 2. The van der Waals surface area contributed by atoms with E-state index < -0.39 is 5.97 Å². The van der Waals surface area contributed by atoms with E-state index in [2.05, 4.69) is 13.2 Å². The van der Waals surface area contributed by atoms with Gasteiger partial charge in [0, 0.05) is 5.57 Å². The van der Waals surface area contributed by atoms with E-state index in [9.17, 15) is 9.59 Å². The van der Waals surface area contributed by atoms with Gasteiger partial charge in [-0.1, -0.05) is 26.5 Å². The molecule has 1 rings (SSSR count). The van der Waals surface area contributed by atoms with Crippen LogP contribution in [0.5, 0.6) is 0 Å². The monoisotopic (exact) mass is 256 g/mol. The Hall–Kier alpha value is -1.62. The molecule has 102 valence electrons. The van der Waals surface area contributed by atoms with Gasteiger partial charge < -0.3 is 14.6 Å². The maximum absolute atomic E-state index is 11.1. The van der Waals surface area contributed by atoms with Crippen LogP contribution in [0, 0.1) is 0 Å². The number of unbranched alkanes of at least 4 members (excludes halogenated alkanes) is 1. The molecule has 0 aromatic carbocycles. The van der Waals surface area contributed by atoms with Crippen LogP contribution in [0.3, 0.4) is 0 Å². The Labute approximate surface area is 107 Å². The number of hydrogen-bond donors (Lipinski definition) is 1. The summed E-state index contributed by atoms with van der Waals surface area (Å²) < 4.78 is 9.82. The zero-order chi connectivity index (χ0) is 14.1. The Morgan fingerprint density at radius 2 is 1.94 bits per heavy atom. The highest BCUT2D eigenvalue weighted by atomic mass is 16.6. The van der Waals surface area contributed by atoms with Crippen molar-refractivity contribution < 1.29 is 24.2 Å². The van der Waals surface area contributed by atoms with Crippen LogP contribution in [0.15, 0.2) is 24.3 Å². The van der Waals surface area contributed by atoms with Crippen molar-refractivity contribution in [2.45, 2.75) is 32.8 Å². The van der Waals surface area contributed by atoms with Crippen LogP contribution >= 0.6 is 0 Å². The molecule has 1 heterocycles. The number of esters is 1. The summed E-state index contributed by atoms with van der Waals surface area (Å²) in [6.45, 7) is 11.3. The molecule has 0 saturated carbocycles. The maximum Gasteiger partial charge on any atom is 0.336 e. The summed E-state index contributed by atoms with van der Waals surface area (Å²) in [5, 5.41) is 7.89. The minimum absolute atomic E-state index is 0.0703. The van der Waals surface area contributed by atoms with E-state index in [-0.39, 0.29) is 17.6 Å². The summed E-state index contributed by atoms with van der Waals surface area (Å²) >= 11 is 0. The van der Waals surface area contributed by atoms with Gasteiger partial charge in [-0.2, -0.15) is 0 Å². The number of rotatable bonds is 6. The molecule has 0 spiro atoms. The molecule has 1 aliphatic heterocycles. The zero-order valence-electron chi connectivity index (χ0n) is 10.9. The fourth-order valence-corrected chi connectivity index (χ4v) is 0.783. The van der Waals surface area contributed by atoms with Crippen molar-refractivity contribution in [2.75, 3.05) is 13.2 Å². The van der Waals surface area contributed by atoms with Crippen molar-refractivity contribution in [3.05, 3.63) is 24.3 Å². The average Bonchev–Trinajstić information content (AvgIpc) is 3.12. The third kappa shape index (κ3) is 7.62. The maximum atomic E-state index is 11.1. The predicted molar refractivity (Wildman–Crippen MR) is 67.2 cm³/mol. The molecular formula is C13H20O5. The van der Waals surface area contributed by atoms with Crippen molar-refractivity contribution in [2.24, 2.45) is 0 Å². The summed E-state index contributed by atoms with van der Waals surface area (Å²) in [5.41, 5.74) is 0.626. The Bertz CT molecular complexity index is 316. The molecule has 5 nitrogen and oxygen atoms in total. The number of carboxylic acid groups (broad SMARTS) is 1. The first-order chi connectivity index (χ1) is 8.40. The molecule has 5 heteroatoms. The zero-order valence-corrected chi connectivity index (χ0v) is 10.9. The SMILES string of the molecule is C=C(C(=O)OCCCC)C1CO1.C=C(C)C(=O)O. The first-order valence-corrected chi connectivity index (χ1v) is 5.76. The topological polar surface area (TPSA) is 76.1 Å². The molecule has 1 unspecified atom stereocenters. The highest BCUT2D eigenvalue weighted by molar-refractivity contribution is 5.89. The van der Waals surface area contributed by atoms with Crippen LogP contribution in [0.1, 0.15) is 26.7 Å². The second kappa shape index (κ2) is 8.47. The lowest BCUT2D eigenvalue weighted by Crippen LogP contribution is -2.11. The van der Waals surface area contributed by atoms with Gasteiger partial charge in [-0.05, 0) is 13.3 Å². The second-order valence-electron chi connectivity index (χ2n) is 3.92. The smallest absolute Gasteiger partial charge is 0.336 e. The third-order valence-electron chi connectivity index (χ3n) is 2.08. The van der Waals surface area contributed by atoms with Gasteiger partial charge in [-0.15, -0.1) is 0 Å². The Morgan fingerprint density at radius 1 is 1.44 bits per heavy atom. The lowest BCUT2D eigenvalue weighted by atomic mass is 10.2. The average molecular weight is 256 g/mol. The van der Waals surface area contributed by atoms with E-state index in [1.807, 2.05) is 6.92 Å². The van der Waals surface area contributed by atoms with Crippen molar-refractivity contribution in [1.82, 2.24) is 0 Å². The fraction of sp³-hybridized carbons (Fsp3) is 0.538. The van der Waals surface area contributed by atoms with E-state index in [0.29, 0.717) is 18.8 Å². The number of carbonyl (C=O) groups is 2. The molecule has 1 saturated heterocycles. The van der Waals surface area contributed by atoms with Crippen LogP contribution in [-0.4, -0.2) is 36.4 Å². The first-order valence-electron chi connectivity index (χ1n) is 5.76. The Morgan fingerprint density at radius 3 is 2.28 bits per heavy atom. The molecule has 18 heavy (non-hydrogen) atoms. The molecule has 0 radical (unpaired) electrons. The van der Waals surface area contributed by atoms with Gasteiger partial charge in [-0.25, -0.2) is 9.59 Å². The molecule has 1 fully saturated rings. The fourth-order valence-electron chi connectivity index (χ4n) is 0.783.